The Morgan fingerprint density at radius 1 is 1.00 bits per heavy atom. The Bertz CT molecular complexity index is 293. The van der Waals surface area contributed by atoms with Gasteiger partial charge in [0.2, 0.25) is 5.91 Å². The largest absolute Gasteiger partial charge is 0.396 e. The number of hydrogen-bond acceptors (Lipinski definition) is 3. The highest BCUT2D eigenvalue weighted by atomic mass is 16.2. The Hall–Kier alpha value is -0.870. The van der Waals surface area contributed by atoms with Gasteiger partial charge in [-0.05, 0) is 38.8 Å². The molecule has 0 aliphatic rings. The van der Waals surface area contributed by atoms with E-state index in [1.165, 1.54) is 25.7 Å². The Kier molecular flexibility index (Phi) is 16.8. The summed E-state index contributed by atoms with van der Waals surface area (Å²) < 4.78 is 0. The summed E-state index contributed by atoms with van der Waals surface area (Å²) in [4.78, 5) is 14.1. The standard InChI is InChI=1S/C19H38N2O2/c1-3-5-6-9-12-15-19(23)20-18-21(4-2)16-13-10-7-8-11-14-17-22/h6,9,22H,3-5,7-8,10-18H2,1-2H3,(H,20,23)/b9-6+. The van der Waals surface area contributed by atoms with Crippen LogP contribution >= 0.6 is 0 Å². The van der Waals surface area contributed by atoms with Crippen molar-refractivity contribution in [2.24, 2.45) is 0 Å². The molecule has 0 spiro atoms. The monoisotopic (exact) mass is 326 g/mol. The minimum atomic E-state index is 0.147. The predicted molar refractivity (Wildman–Crippen MR) is 98.3 cm³/mol. The first-order valence-corrected chi connectivity index (χ1v) is 9.49. The fourth-order valence-electron chi connectivity index (χ4n) is 2.41. The number of allylic oxidation sites excluding steroid dienone is 2. The lowest BCUT2D eigenvalue weighted by Gasteiger charge is -2.20. The number of nitrogens with zero attached hydrogens (tertiary/aromatic N) is 1. The third-order valence-electron chi connectivity index (χ3n) is 3.99. The first kappa shape index (κ1) is 22.1. The highest BCUT2D eigenvalue weighted by Crippen LogP contribution is 2.06. The summed E-state index contributed by atoms with van der Waals surface area (Å²) in [5.41, 5.74) is 0. The molecule has 0 aliphatic carbocycles. The lowest BCUT2D eigenvalue weighted by atomic mass is 10.1. The van der Waals surface area contributed by atoms with Crippen molar-refractivity contribution in [1.29, 1.82) is 0 Å². The van der Waals surface area contributed by atoms with E-state index in [1.807, 2.05) is 0 Å². The molecule has 0 heterocycles. The van der Waals surface area contributed by atoms with Gasteiger partial charge in [-0.3, -0.25) is 9.69 Å². The van der Waals surface area contributed by atoms with E-state index in [4.69, 9.17) is 5.11 Å². The van der Waals surface area contributed by atoms with Crippen LogP contribution in [0.5, 0.6) is 0 Å². The van der Waals surface area contributed by atoms with Crippen LogP contribution in [-0.2, 0) is 4.79 Å². The molecule has 0 fully saturated rings. The number of carbonyl (C=O) groups is 1. The van der Waals surface area contributed by atoms with Gasteiger partial charge in [-0.1, -0.05) is 58.1 Å². The third kappa shape index (κ3) is 15.8. The SMILES string of the molecule is CCC/C=C/CCC(=O)NCN(CC)CCCCCCCCO. The maximum atomic E-state index is 11.8. The molecular weight excluding hydrogens is 288 g/mol. The zero-order valence-electron chi connectivity index (χ0n) is 15.4. The summed E-state index contributed by atoms with van der Waals surface area (Å²) in [5, 5.41) is 11.7. The van der Waals surface area contributed by atoms with E-state index in [0.29, 0.717) is 19.7 Å². The molecule has 23 heavy (non-hydrogen) atoms. The number of unbranched alkanes of at least 4 members (excludes halogenated alkanes) is 6. The minimum Gasteiger partial charge on any atom is -0.396 e. The Morgan fingerprint density at radius 2 is 1.65 bits per heavy atom. The van der Waals surface area contributed by atoms with Gasteiger partial charge in [0.25, 0.3) is 0 Å². The summed E-state index contributed by atoms with van der Waals surface area (Å²) >= 11 is 0. The molecule has 0 unspecified atom stereocenters. The smallest absolute Gasteiger partial charge is 0.221 e. The minimum absolute atomic E-state index is 0.147. The molecule has 0 aromatic rings. The van der Waals surface area contributed by atoms with Crippen molar-refractivity contribution < 1.29 is 9.90 Å². The Morgan fingerprint density at radius 3 is 2.30 bits per heavy atom. The molecule has 0 atom stereocenters. The van der Waals surface area contributed by atoms with Gasteiger partial charge >= 0.3 is 0 Å². The van der Waals surface area contributed by atoms with Gasteiger partial charge in [0, 0.05) is 13.0 Å². The van der Waals surface area contributed by atoms with Crippen LogP contribution < -0.4 is 5.32 Å². The highest BCUT2D eigenvalue weighted by Gasteiger charge is 2.04. The van der Waals surface area contributed by atoms with Crippen LogP contribution in [0.25, 0.3) is 0 Å². The molecule has 0 saturated carbocycles. The van der Waals surface area contributed by atoms with Crippen LogP contribution in [0.15, 0.2) is 12.2 Å². The molecule has 0 aromatic heterocycles. The second-order valence-corrected chi connectivity index (χ2v) is 6.11. The van der Waals surface area contributed by atoms with E-state index in [1.54, 1.807) is 0 Å². The van der Waals surface area contributed by atoms with Gasteiger partial charge in [0.05, 0.1) is 6.67 Å². The molecule has 0 bridgehead atoms. The average molecular weight is 327 g/mol. The number of aliphatic hydroxyl groups is 1. The van der Waals surface area contributed by atoms with Gasteiger partial charge < -0.3 is 10.4 Å². The van der Waals surface area contributed by atoms with Gasteiger partial charge in [-0.15, -0.1) is 0 Å². The molecule has 4 heteroatoms. The second-order valence-electron chi connectivity index (χ2n) is 6.11. The number of hydrogen-bond donors (Lipinski definition) is 2. The van der Waals surface area contributed by atoms with Crippen LogP contribution in [0.1, 0.15) is 78.1 Å². The van der Waals surface area contributed by atoms with Gasteiger partial charge in [0.15, 0.2) is 0 Å². The van der Waals surface area contributed by atoms with E-state index in [-0.39, 0.29) is 5.91 Å². The Labute approximate surface area is 143 Å². The molecule has 4 nitrogen and oxygen atoms in total. The zero-order chi connectivity index (χ0) is 17.2. The summed E-state index contributed by atoms with van der Waals surface area (Å²) in [6.45, 7) is 7.30. The van der Waals surface area contributed by atoms with Gasteiger partial charge in [-0.2, -0.15) is 0 Å². The van der Waals surface area contributed by atoms with Crippen molar-refractivity contribution in [2.75, 3.05) is 26.4 Å². The van der Waals surface area contributed by atoms with Crippen molar-refractivity contribution in [1.82, 2.24) is 10.2 Å². The van der Waals surface area contributed by atoms with Crippen molar-refractivity contribution in [2.45, 2.75) is 78.1 Å². The lowest BCUT2D eigenvalue weighted by Crippen LogP contribution is -2.38. The van der Waals surface area contributed by atoms with Crippen molar-refractivity contribution >= 4 is 5.91 Å². The molecule has 2 N–H and O–H groups in total. The number of nitrogens with one attached hydrogen (secondary N) is 1. The van der Waals surface area contributed by atoms with E-state index >= 15 is 0 Å². The molecule has 0 saturated heterocycles. The van der Waals surface area contributed by atoms with Crippen LogP contribution in [0.4, 0.5) is 0 Å². The fraction of sp³-hybridized carbons (Fsp3) is 0.842. The van der Waals surface area contributed by atoms with Crippen LogP contribution in [0.3, 0.4) is 0 Å². The van der Waals surface area contributed by atoms with E-state index < -0.39 is 0 Å². The summed E-state index contributed by atoms with van der Waals surface area (Å²) in [6.07, 6.45) is 14.9. The summed E-state index contributed by atoms with van der Waals surface area (Å²) in [6, 6.07) is 0. The zero-order valence-corrected chi connectivity index (χ0v) is 15.4. The number of carbonyl (C=O) groups excluding carboxylic acids is 1. The van der Waals surface area contributed by atoms with Gasteiger partial charge in [-0.25, -0.2) is 0 Å². The van der Waals surface area contributed by atoms with Crippen LogP contribution in [0.2, 0.25) is 0 Å². The summed E-state index contributed by atoms with van der Waals surface area (Å²) in [5.74, 6) is 0.147. The third-order valence-corrected chi connectivity index (χ3v) is 3.99. The average Bonchev–Trinajstić information content (AvgIpc) is 2.56. The van der Waals surface area contributed by atoms with Gasteiger partial charge in [0.1, 0.15) is 0 Å². The Balaban J connectivity index is 3.58. The molecule has 0 aliphatic heterocycles. The summed E-state index contributed by atoms with van der Waals surface area (Å²) in [7, 11) is 0. The van der Waals surface area contributed by atoms with Crippen LogP contribution in [0, 0.1) is 0 Å². The van der Waals surface area contributed by atoms with E-state index in [2.05, 4.69) is 36.2 Å². The molecule has 0 aromatic carbocycles. The maximum Gasteiger partial charge on any atom is 0.221 e. The molecule has 0 radical (unpaired) electrons. The van der Waals surface area contributed by atoms with Crippen molar-refractivity contribution in [3.05, 3.63) is 12.2 Å². The lowest BCUT2D eigenvalue weighted by molar-refractivity contribution is -0.121. The van der Waals surface area contributed by atoms with Crippen LogP contribution in [-0.4, -0.2) is 42.3 Å². The number of rotatable bonds is 16. The topological polar surface area (TPSA) is 52.6 Å². The molecule has 1 amide bonds. The normalized spacial score (nSPS) is 11.5. The molecule has 136 valence electrons. The first-order valence-electron chi connectivity index (χ1n) is 9.49. The first-order chi connectivity index (χ1) is 11.2. The molecule has 0 rings (SSSR count). The highest BCUT2D eigenvalue weighted by molar-refractivity contribution is 5.75. The number of aliphatic hydroxyl groups excluding tert-OH is 1. The fourth-order valence-corrected chi connectivity index (χ4v) is 2.41. The van der Waals surface area contributed by atoms with Crippen molar-refractivity contribution in [3.63, 3.8) is 0 Å². The van der Waals surface area contributed by atoms with E-state index in [0.717, 1.165) is 45.2 Å². The van der Waals surface area contributed by atoms with E-state index in [9.17, 15) is 4.79 Å². The molecular formula is C19H38N2O2. The predicted octanol–water partition coefficient (Wildman–Crippen LogP) is 3.85. The maximum absolute atomic E-state index is 11.8. The number of amides is 1. The van der Waals surface area contributed by atoms with Crippen molar-refractivity contribution in [3.8, 4) is 0 Å². The quantitative estimate of drug-likeness (QED) is 0.257. The second kappa shape index (κ2) is 17.5.